The second-order valence-electron chi connectivity index (χ2n) is 17.2. The number of hydrogen-bond donors (Lipinski definition) is 0. The molecule has 4 fully saturated rings. The molecule has 0 aromatic heterocycles. The summed E-state index contributed by atoms with van der Waals surface area (Å²) in [5.74, 6) is 5.30. The van der Waals surface area contributed by atoms with Crippen molar-refractivity contribution in [2.24, 2.45) is 23.7 Å². The van der Waals surface area contributed by atoms with Gasteiger partial charge >= 0.3 is 0 Å². The lowest BCUT2D eigenvalue weighted by Crippen LogP contribution is -2.55. The van der Waals surface area contributed by atoms with Crippen molar-refractivity contribution in [3.05, 3.63) is 191 Å². The van der Waals surface area contributed by atoms with Gasteiger partial charge in [0.05, 0.1) is 5.41 Å². The number of ether oxygens (including phenoxy) is 1. The van der Waals surface area contributed by atoms with Crippen LogP contribution in [-0.4, -0.2) is 0 Å². The van der Waals surface area contributed by atoms with Gasteiger partial charge < -0.3 is 4.74 Å². The number of para-hydroxylation sites is 1. The van der Waals surface area contributed by atoms with E-state index in [1.165, 1.54) is 98.9 Å². The molecule has 0 amide bonds. The molecule has 0 radical (unpaired) electrons. The first-order valence-electron chi connectivity index (χ1n) is 20.2. The highest BCUT2D eigenvalue weighted by atomic mass is 16.5. The molecule has 1 nitrogen and oxygen atoms in total. The van der Waals surface area contributed by atoms with Crippen molar-refractivity contribution in [2.45, 2.75) is 42.9 Å². The summed E-state index contributed by atoms with van der Waals surface area (Å²) in [5, 5.41) is 0. The van der Waals surface area contributed by atoms with Gasteiger partial charge in [-0.15, -0.1) is 0 Å². The number of fused-ring (bicyclic) bond motifs is 12. The molecule has 2 spiro atoms. The molecule has 0 atom stereocenters. The van der Waals surface area contributed by atoms with Crippen LogP contribution in [0.25, 0.3) is 44.5 Å². The Labute approximate surface area is 317 Å². The van der Waals surface area contributed by atoms with E-state index in [9.17, 15) is 0 Å². The average Bonchev–Trinajstić information content (AvgIpc) is 3.68. The van der Waals surface area contributed by atoms with Gasteiger partial charge in [-0.05, 0) is 147 Å². The molecule has 4 bridgehead atoms. The van der Waals surface area contributed by atoms with E-state index in [0.717, 1.165) is 35.2 Å². The average molecular weight is 693 g/mol. The van der Waals surface area contributed by atoms with Crippen molar-refractivity contribution in [2.75, 3.05) is 0 Å². The van der Waals surface area contributed by atoms with Crippen molar-refractivity contribution >= 4 is 0 Å². The molecular weight excluding hydrogens is 653 g/mol. The summed E-state index contributed by atoms with van der Waals surface area (Å²) in [6, 6.07) is 59.7. The fourth-order valence-electron chi connectivity index (χ4n) is 13.2. The Bertz CT molecular complexity index is 2640. The van der Waals surface area contributed by atoms with Gasteiger partial charge in [-0.25, -0.2) is 0 Å². The molecular formula is C53H40O. The third-order valence-corrected chi connectivity index (χ3v) is 15.0. The minimum atomic E-state index is -0.455. The predicted octanol–water partition coefficient (Wildman–Crippen LogP) is 13.2. The van der Waals surface area contributed by atoms with E-state index < -0.39 is 5.41 Å². The van der Waals surface area contributed by atoms with Crippen LogP contribution in [0.2, 0.25) is 0 Å². The van der Waals surface area contributed by atoms with E-state index in [0.29, 0.717) is 0 Å². The zero-order chi connectivity index (χ0) is 35.2. The SMILES string of the molecule is c1ccc2c(c1)Oc1ccc(-c3ccc(-c4ccc5c(c4)C4(c6ccccc6-5)C5CC6CC(C5)CC4C6)cc3)cc1C21c2ccccc2-c2ccccc21. The van der Waals surface area contributed by atoms with Crippen LogP contribution < -0.4 is 4.74 Å². The summed E-state index contributed by atoms with van der Waals surface area (Å²) >= 11 is 0. The third-order valence-electron chi connectivity index (χ3n) is 15.0. The first-order chi connectivity index (χ1) is 26.7. The van der Waals surface area contributed by atoms with Gasteiger partial charge in [-0.3, -0.25) is 0 Å². The largest absolute Gasteiger partial charge is 0.457 e. The summed E-state index contributed by atoms with van der Waals surface area (Å²) in [6.45, 7) is 0. The van der Waals surface area contributed by atoms with E-state index in [1.807, 2.05) is 0 Å². The molecule has 7 aromatic rings. The highest BCUT2D eigenvalue weighted by Crippen LogP contribution is 2.69. The maximum atomic E-state index is 6.70. The number of rotatable bonds is 2. The van der Waals surface area contributed by atoms with Crippen LogP contribution in [0, 0.1) is 23.7 Å². The van der Waals surface area contributed by atoms with E-state index >= 15 is 0 Å². The van der Waals surface area contributed by atoms with Crippen molar-refractivity contribution in [3.63, 3.8) is 0 Å². The minimum absolute atomic E-state index is 0.187. The zero-order valence-corrected chi connectivity index (χ0v) is 30.3. The monoisotopic (exact) mass is 692 g/mol. The van der Waals surface area contributed by atoms with E-state index in [1.54, 1.807) is 11.1 Å². The maximum Gasteiger partial charge on any atom is 0.132 e. The molecule has 1 aliphatic heterocycles. The Balaban J connectivity index is 0.926. The third kappa shape index (κ3) is 3.61. The highest BCUT2D eigenvalue weighted by Gasteiger charge is 2.61. The molecule has 0 unspecified atom stereocenters. The van der Waals surface area contributed by atoms with Gasteiger partial charge in [0.2, 0.25) is 0 Å². The van der Waals surface area contributed by atoms with Gasteiger partial charge in [0.1, 0.15) is 11.5 Å². The smallest absolute Gasteiger partial charge is 0.132 e. The second-order valence-corrected chi connectivity index (χ2v) is 17.2. The molecule has 4 saturated carbocycles. The van der Waals surface area contributed by atoms with Crippen LogP contribution in [0.3, 0.4) is 0 Å². The molecule has 7 aromatic carbocycles. The fraction of sp³-hybridized carbons (Fsp3) is 0.208. The van der Waals surface area contributed by atoms with Crippen LogP contribution >= 0.6 is 0 Å². The van der Waals surface area contributed by atoms with E-state index in [-0.39, 0.29) is 5.41 Å². The summed E-state index contributed by atoms with van der Waals surface area (Å²) in [4.78, 5) is 0. The van der Waals surface area contributed by atoms with Crippen LogP contribution in [0.15, 0.2) is 158 Å². The van der Waals surface area contributed by atoms with Crippen LogP contribution in [0.4, 0.5) is 0 Å². The lowest BCUT2D eigenvalue weighted by molar-refractivity contribution is -0.0399. The first kappa shape index (κ1) is 29.8. The van der Waals surface area contributed by atoms with Crippen molar-refractivity contribution < 1.29 is 4.74 Å². The van der Waals surface area contributed by atoms with Gasteiger partial charge in [0.25, 0.3) is 0 Å². The maximum absolute atomic E-state index is 6.70. The molecule has 14 rings (SSSR count). The number of hydrogen-bond acceptors (Lipinski definition) is 1. The summed E-state index contributed by atoms with van der Waals surface area (Å²) in [5.41, 5.74) is 18.7. The molecule has 0 saturated heterocycles. The van der Waals surface area contributed by atoms with Crippen molar-refractivity contribution in [1.82, 2.24) is 0 Å². The molecule has 0 N–H and O–H groups in total. The Morgan fingerprint density at radius 2 is 0.796 bits per heavy atom. The van der Waals surface area contributed by atoms with Crippen molar-refractivity contribution in [1.29, 1.82) is 0 Å². The lowest BCUT2D eigenvalue weighted by Gasteiger charge is -2.61. The van der Waals surface area contributed by atoms with E-state index in [2.05, 4.69) is 158 Å². The summed E-state index contributed by atoms with van der Waals surface area (Å²) < 4.78 is 6.70. The van der Waals surface area contributed by atoms with Gasteiger partial charge in [-0.2, -0.15) is 0 Å². The molecule has 7 aliphatic rings. The van der Waals surface area contributed by atoms with Crippen LogP contribution in [-0.2, 0) is 10.8 Å². The first-order valence-corrected chi connectivity index (χ1v) is 20.2. The lowest BCUT2D eigenvalue weighted by atomic mass is 9.43. The fourth-order valence-corrected chi connectivity index (χ4v) is 13.2. The quantitative estimate of drug-likeness (QED) is 0.175. The predicted molar refractivity (Wildman–Crippen MR) is 218 cm³/mol. The second kappa shape index (κ2) is 10.5. The van der Waals surface area contributed by atoms with Crippen LogP contribution in [0.1, 0.15) is 65.5 Å². The molecule has 1 heteroatoms. The Hall–Kier alpha value is -5.66. The zero-order valence-electron chi connectivity index (χ0n) is 30.3. The normalized spacial score (nSPS) is 25.0. The van der Waals surface area contributed by atoms with Gasteiger partial charge in [0.15, 0.2) is 0 Å². The topological polar surface area (TPSA) is 9.23 Å². The highest BCUT2D eigenvalue weighted by molar-refractivity contribution is 5.90. The minimum Gasteiger partial charge on any atom is -0.457 e. The Kier molecular flexibility index (Phi) is 5.79. The Morgan fingerprint density at radius 1 is 0.352 bits per heavy atom. The molecule has 258 valence electrons. The molecule has 1 heterocycles. The van der Waals surface area contributed by atoms with Gasteiger partial charge in [-0.1, -0.05) is 133 Å². The Morgan fingerprint density at radius 3 is 1.43 bits per heavy atom. The summed E-state index contributed by atoms with van der Waals surface area (Å²) in [6.07, 6.45) is 7.13. The standard InChI is InChI=1S/C53H40O/c1-4-12-44-42(11-1)43-23-21-36(30-48(43)52(44)38-26-32-25-33(28-38)29-39(52)27-32)34-17-19-35(20-18-34)37-22-24-51-49(31-37)53(47-15-7-8-16-50(47)54-51)45-13-5-2-9-40(45)41-10-3-6-14-46(41)53/h1-24,30-33,38-39H,25-29H2. The summed E-state index contributed by atoms with van der Waals surface area (Å²) in [7, 11) is 0. The van der Waals surface area contributed by atoms with Gasteiger partial charge in [0, 0.05) is 16.5 Å². The van der Waals surface area contributed by atoms with Crippen LogP contribution in [0.5, 0.6) is 11.5 Å². The molecule has 6 aliphatic carbocycles. The van der Waals surface area contributed by atoms with Crippen molar-refractivity contribution in [3.8, 4) is 56.0 Å². The van der Waals surface area contributed by atoms with E-state index in [4.69, 9.17) is 4.74 Å². The number of benzene rings is 7. The molecule has 54 heavy (non-hydrogen) atoms.